The van der Waals surface area contributed by atoms with Crippen LogP contribution < -0.4 is 0 Å². The molecular formula is C31H54. The molecule has 0 heteroatoms. The van der Waals surface area contributed by atoms with Crippen LogP contribution in [0.2, 0.25) is 0 Å². The molecule has 0 radical (unpaired) electrons. The van der Waals surface area contributed by atoms with Gasteiger partial charge in [0.1, 0.15) is 0 Å². The van der Waals surface area contributed by atoms with Gasteiger partial charge < -0.3 is 0 Å². The quantitative estimate of drug-likeness (QED) is 0.393. The van der Waals surface area contributed by atoms with Gasteiger partial charge in [-0.1, -0.05) is 107 Å². The van der Waals surface area contributed by atoms with Crippen molar-refractivity contribution in [3.05, 3.63) is 68.8 Å². The Bertz CT molecular complexity index is 752. The van der Waals surface area contributed by atoms with E-state index in [1.807, 2.05) is 0 Å². The largest absolute Gasteiger partial charge is 0.0776 e. The predicted molar refractivity (Wildman–Crippen MR) is 146 cm³/mol. The number of hydrogen-bond donors (Lipinski definition) is 0. The molecule has 0 fully saturated rings. The zero-order valence-electron chi connectivity index (χ0n) is 21.8. The van der Waals surface area contributed by atoms with E-state index < -0.39 is 0 Å². The number of aryl methyl sites for hydroxylation is 1. The van der Waals surface area contributed by atoms with Crippen LogP contribution in [0.1, 0.15) is 122 Å². The molecule has 2 aromatic rings. The summed E-state index contributed by atoms with van der Waals surface area (Å²) in [6, 6.07) is 8.74. The summed E-state index contributed by atoms with van der Waals surface area (Å²) in [6.45, 7) is 31.9. The van der Waals surface area contributed by atoms with Gasteiger partial charge in [0, 0.05) is 0 Å². The van der Waals surface area contributed by atoms with Crippen molar-refractivity contribution in [3.8, 4) is 0 Å². The van der Waals surface area contributed by atoms with E-state index in [2.05, 4.69) is 121 Å². The number of hydrogen-bond acceptors (Lipinski definition) is 0. The molecule has 0 saturated heterocycles. The third-order valence-corrected chi connectivity index (χ3v) is 6.04. The Hall–Kier alpha value is -1.56. The van der Waals surface area contributed by atoms with Crippen molar-refractivity contribution in [2.45, 2.75) is 128 Å². The summed E-state index contributed by atoms with van der Waals surface area (Å²) in [6.07, 6.45) is 0. The van der Waals surface area contributed by atoms with E-state index in [0.29, 0.717) is 0 Å². The highest BCUT2D eigenvalue weighted by molar-refractivity contribution is 5.54. The minimum atomic E-state index is 0. The van der Waals surface area contributed by atoms with Gasteiger partial charge in [0.15, 0.2) is 0 Å². The molecule has 0 aliphatic carbocycles. The average molecular weight is 427 g/mol. The molecule has 0 bridgehead atoms. The molecule has 2 rings (SSSR count). The Kier molecular flexibility index (Phi) is 11.1. The lowest BCUT2D eigenvalue weighted by Gasteiger charge is -2.33. The lowest BCUT2D eigenvalue weighted by Crippen LogP contribution is -2.22. The molecule has 0 atom stereocenters. The molecule has 0 aromatic heterocycles. The molecule has 178 valence electrons. The lowest BCUT2D eigenvalue weighted by atomic mass is 9.72. The van der Waals surface area contributed by atoms with Crippen LogP contribution in [0.4, 0.5) is 0 Å². The Morgan fingerprint density at radius 3 is 0.871 bits per heavy atom. The van der Waals surface area contributed by atoms with Crippen molar-refractivity contribution in [1.29, 1.82) is 0 Å². The molecule has 0 heterocycles. The summed E-state index contributed by atoms with van der Waals surface area (Å²) >= 11 is 0. The molecule has 0 unspecified atom stereocenters. The van der Waals surface area contributed by atoms with Gasteiger partial charge in [-0.3, -0.25) is 0 Å². The van der Waals surface area contributed by atoms with E-state index >= 15 is 0 Å². The molecule has 0 spiro atoms. The fraction of sp³-hybridized carbons (Fsp3) is 0.613. The van der Waals surface area contributed by atoms with Crippen molar-refractivity contribution < 1.29 is 0 Å². The first-order chi connectivity index (χ1) is 12.9. The van der Waals surface area contributed by atoms with Gasteiger partial charge in [-0.15, -0.1) is 0 Å². The molecule has 0 N–H and O–H groups in total. The second kappa shape index (κ2) is 10.8. The molecule has 31 heavy (non-hydrogen) atoms. The third kappa shape index (κ3) is 7.81. The van der Waals surface area contributed by atoms with E-state index in [-0.39, 0.29) is 31.1 Å². The summed E-state index contributed by atoms with van der Waals surface area (Å²) in [4.78, 5) is 0. The predicted octanol–water partition coefficient (Wildman–Crippen LogP) is 10.1. The highest BCUT2D eigenvalue weighted by Gasteiger charge is 2.27. The van der Waals surface area contributed by atoms with Crippen LogP contribution in [0.5, 0.6) is 0 Å². The van der Waals surface area contributed by atoms with Gasteiger partial charge in [0.2, 0.25) is 0 Å². The average Bonchev–Trinajstić information content (AvgIpc) is 2.51. The Labute approximate surface area is 196 Å². The molecule has 0 saturated carbocycles. The van der Waals surface area contributed by atoms with Crippen LogP contribution >= 0.6 is 0 Å². The molecule has 0 nitrogen and oxygen atoms in total. The van der Waals surface area contributed by atoms with Crippen LogP contribution in [0.3, 0.4) is 0 Å². The zero-order chi connectivity index (χ0) is 22.9. The third-order valence-electron chi connectivity index (χ3n) is 6.04. The maximum atomic E-state index is 2.32. The second-order valence-electron chi connectivity index (χ2n) is 11.9. The van der Waals surface area contributed by atoms with Crippen molar-refractivity contribution in [3.63, 3.8) is 0 Å². The highest BCUT2D eigenvalue weighted by atomic mass is 14.3. The highest BCUT2D eigenvalue weighted by Crippen LogP contribution is 2.39. The van der Waals surface area contributed by atoms with Crippen molar-refractivity contribution in [2.75, 3.05) is 0 Å². The molecular weight excluding hydrogens is 372 g/mol. The Balaban J connectivity index is 0. The van der Waals surface area contributed by atoms with E-state index in [1.165, 1.54) is 44.5 Å². The maximum absolute atomic E-state index is 2.32. The van der Waals surface area contributed by atoms with Crippen LogP contribution in [0.25, 0.3) is 0 Å². The minimum absolute atomic E-state index is 0. The van der Waals surface area contributed by atoms with Gasteiger partial charge in [-0.25, -0.2) is 0 Å². The normalized spacial score (nSPS) is 11.7. The fourth-order valence-corrected chi connectivity index (χ4v) is 4.62. The Morgan fingerprint density at radius 2 is 0.677 bits per heavy atom. The van der Waals surface area contributed by atoms with Crippen LogP contribution in [0.15, 0.2) is 24.3 Å². The van der Waals surface area contributed by atoms with Crippen LogP contribution in [-0.4, -0.2) is 0 Å². The monoisotopic (exact) mass is 426 g/mol. The number of benzene rings is 2. The lowest BCUT2D eigenvalue weighted by molar-refractivity contribution is 0.561. The van der Waals surface area contributed by atoms with Gasteiger partial charge >= 0.3 is 0 Å². The van der Waals surface area contributed by atoms with E-state index in [1.54, 1.807) is 0 Å². The molecule has 0 amide bonds. The minimum Gasteiger partial charge on any atom is -0.0776 e. The summed E-state index contributed by atoms with van der Waals surface area (Å²) < 4.78 is 0. The molecule has 0 aliphatic rings. The van der Waals surface area contributed by atoms with Crippen molar-refractivity contribution in [2.24, 2.45) is 0 Å². The smallest absolute Gasteiger partial charge is 0.0126 e. The van der Waals surface area contributed by atoms with Gasteiger partial charge in [-0.2, -0.15) is 0 Å². The molecule has 2 aromatic carbocycles. The van der Waals surface area contributed by atoms with Gasteiger partial charge in [-0.05, 0) is 89.8 Å². The van der Waals surface area contributed by atoms with Crippen molar-refractivity contribution >= 4 is 0 Å². The van der Waals surface area contributed by atoms with Gasteiger partial charge in [0.25, 0.3) is 0 Å². The van der Waals surface area contributed by atoms with Crippen LogP contribution in [0, 0.1) is 34.6 Å². The Morgan fingerprint density at radius 1 is 0.419 bits per heavy atom. The number of rotatable bonds is 0. The first-order valence-corrected chi connectivity index (χ1v) is 11.1. The summed E-state index contributed by atoms with van der Waals surface area (Å²) in [5.41, 5.74) is 12.5. The van der Waals surface area contributed by atoms with Crippen LogP contribution in [-0.2, 0) is 16.2 Å². The van der Waals surface area contributed by atoms with E-state index in [9.17, 15) is 0 Å². The SMILES string of the molecule is C.C.Cc1c(C)c(C(C)(C)C)c(C)c(C)c1C(C)(C)C.Cc1ccc(C(C)(C)C)cc1. The summed E-state index contributed by atoms with van der Waals surface area (Å²) in [5, 5.41) is 0. The topological polar surface area (TPSA) is 0 Å². The fourth-order valence-electron chi connectivity index (χ4n) is 4.62. The first kappa shape index (κ1) is 31.6. The zero-order valence-corrected chi connectivity index (χ0v) is 21.8. The molecule has 0 aliphatic heterocycles. The standard InChI is InChI=1S/C18H30.C11H16.2CH4/c1-11-12(2)16(18(8,9)10)14(4)13(3)15(11)17(5,6)7;1-9-5-7-10(8-6-9)11(2,3)4;;/h1-10H3;5-8H,1-4H3;2*1H4. The first-order valence-electron chi connectivity index (χ1n) is 11.1. The summed E-state index contributed by atoms with van der Waals surface area (Å²) in [5.74, 6) is 0. The van der Waals surface area contributed by atoms with E-state index in [4.69, 9.17) is 0 Å². The van der Waals surface area contributed by atoms with Gasteiger partial charge in [0.05, 0.1) is 0 Å². The maximum Gasteiger partial charge on any atom is -0.0126 e. The second-order valence-corrected chi connectivity index (χ2v) is 11.9. The summed E-state index contributed by atoms with van der Waals surface area (Å²) in [7, 11) is 0. The van der Waals surface area contributed by atoms with E-state index in [0.717, 1.165) is 0 Å². The van der Waals surface area contributed by atoms with Crippen molar-refractivity contribution in [1.82, 2.24) is 0 Å².